The molecule has 4 rings (SSSR count). The van der Waals surface area contributed by atoms with Crippen LogP contribution in [0.15, 0.2) is 41.5 Å². The number of nitrogens with zero attached hydrogens (tertiary/aromatic N) is 5. The van der Waals surface area contributed by atoms with E-state index in [1.807, 2.05) is 16.9 Å². The van der Waals surface area contributed by atoms with Crippen molar-refractivity contribution in [2.45, 2.75) is 57.3 Å². The lowest BCUT2D eigenvalue weighted by molar-refractivity contribution is -0.140. The molecule has 194 valence electrons. The number of likely N-dealkylation sites (N-methyl/N-ethyl adjacent to an activating group) is 1. The molecule has 0 unspecified atom stereocenters. The second-order valence-electron chi connectivity index (χ2n) is 9.28. The molecule has 1 aliphatic rings. The highest BCUT2D eigenvalue weighted by Gasteiger charge is 2.29. The van der Waals surface area contributed by atoms with Gasteiger partial charge in [0.25, 0.3) is 17.4 Å². The van der Waals surface area contributed by atoms with Crippen LogP contribution in [0.25, 0.3) is 10.9 Å². The number of hydrogen-bond donors (Lipinski definition) is 2. The molecule has 2 amide bonds. The third-order valence-electron chi connectivity index (χ3n) is 6.89. The molecule has 2 aromatic heterocycles. The van der Waals surface area contributed by atoms with Gasteiger partial charge in [0.15, 0.2) is 0 Å². The van der Waals surface area contributed by atoms with Crippen molar-refractivity contribution in [1.29, 1.82) is 5.26 Å². The first-order valence-corrected chi connectivity index (χ1v) is 12.1. The maximum absolute atomic E-state index is 13.1. The van der Waals surface area contributed by atoms with Crippen LogP contribution in [0.1, 0.15) is 49.0 Å². The predicted molar refractivity (Wildman–Crippen MR) is 136 cm³/mol. The van der Waals surface area contributed by atoms with Gasteiger partial charge in [0, 0.05) is 36.9 Å². The highest BCUT2D eigenvalue weighted by molar-refractivity contribution is 6.08. The second kappa shape index (κ2) is 10.8. The highest BCUT2D eigenvalue weighted by Crippen LogP contribution is 2.33. The summed E-state index contributed by atoms with van der Waals surface area (Å²) in [6.45, 7) is 1.36. The third-order valence-corrected chi connectivity index (χ3v) is 6.89. The van der Waals surface area contributed by atoms with E-state index in [1.165, 1.54) is 30.9 Å². The molecule has 1 aliphatic carbocycles. The van der Waals surface area contributed by atoms with Gasteiger partial charge in [-0.1, -0.05) is 0 Å². The number of hydrogen-bond acceptors (Lipinski definition) is 7. The first-order chi connectivity index (χ1) is 17.7. The molecule has 1 fully saturated rings. The van der Waals surface area contributed by atoms with E-state index in [1.54, 1.807) is 30.1 Å². The monoisotopic (exact) mass is 506 g/mol. The van der Waals surface area contributed by atoms with Gasteiger partial charge in [-0.3, -0.25) is 23.6 Å². The minimum atomic E-state index is -1.01. The number of aliphatic hydroxyl groups is 1. The summed E-state index contributed by atoms with van der Waals surface area (Å²) >= 11 is 0. The number of carbonyl (C=O) groups excluding carboxylic acids is 2. The number of carbonyl (C=O) groups is 2. The number of rotatable bonds is 7. The summed E-state index contributed by atoms with van der Waals surface area (Å²) in [7, 11) is 3.19. The topological polar surface area (TPSA) is 142 Å². The fourth-order valence-corrected chi connectivity index (χ4v) is 4.81. The van der Waals surface area contributed by atoms with Gasteiger partial charge in [0.2, 0.25) is 0 Å². The normalized spacial score (nSPS) is 18.1. The van der Waals surface area contributed by atoms with E-state index in [2.05, 4.69) is 5.32 Å². The molecule has 0 aliphatic heterocycles. The van der Waals surface area contributed by atoms with Gasteiger partial charge in [0.05, 0.1) is 30.3 Å². The Balaban J connectivity index is 1.53. The quantitative estimate of drug-likeness (QED) is 0.501. The third kappa shape index (κ3) is 5.34. The molecule has 3 aromatic rings. The first-order valence-electron chi connectivity index (χ1n) is 12.1. The Morgan fingerprint density at radius 1 is 1.32 bits per heavy atom. The summed E-state index contributed by atoms with van der Waals surface area (Å²) in [6, 6.07) is 8.59. The smallest absolute Gasteiger partial charge is 0.275 e. The van der Waals surface area contributed by atoms with Crippen molar-refractivity contribution in [3.05, 3.63) is 52.6 Å². The molecule has 11 heteroatoms. The molecule has 2 heterocycles. The van der Waals surface area contributed by atoms with Gasteiger partial charge in [-0.25, -0.2) is 0 Å². The van der Waals surface area contributed by atoms with Crippen molar-refractivity contribution in [1.82, 2.24) is 19.2 Å². The lowest BCUT2D eigenvalue weighted by Crippen LogP contribution is -2.43. The van der Waals surface area contributed by atoms with Gasteiger partial charge in [-0.15, -0.1) is 0 Å². The maximum Gasteiger partial charge on any atom is 0.275 e. The number of methoxy groups -OCH3 is 1. The molecule has 0 saturated heterocycles. The molecule has 2 N–H and O–H groups in total. The zero-order valence-electron chi connectivity index (χ0n) is 21.0. The van der Waals surface area contributed by atoms with E-state index in [0.717, 1.165) is 31.1 Å². The summed E-state index contributed by atoms with van der Waals surface area (Å²) in [5.74, 6) is -0.458. The van der Waals surface area contributed by atoms with Crippen LogP contribution in [0.4, 0.5) is 5.69 Å². The fraction of sp³-hybridized carbons (Fsp3) is 0.423. The van der Waals surface area contributed by atoms with E-state index >= 15 is 0 Å². The van der Waals surface area contributed by atoms with Gasteiger partial charge in [-0.2, -0.15) is 10.4 Å². The summed E-state index contributed by atoms with van der Waals surface area (Å²) in [5, 5.41) is 26.6. The fourth-order valence-electron chi connectivity index (χ4n) is 4.81. The van der Waals surface area contributed by atoms with E-state index in [-0.39, 0.29) is 35.8 Å². The van der Waals surface area contributed by atoms with Crippen molar-refractivity contribution in [2.24, 2.45) is 0 Å². The number of pyridine rings is 1. The molecule has 11 nitrogen and oxygen atoms in total. The molecular formula is C26H30N6O5. The van der Waals surface area contributed by atoms with Crippen LogP contribution >= 0.6 is 0 Å². The number of aliphatic hydroxyl groups excluding tert-OH is 1. The Morgan fingerprint density at radius 3 is 2.70 bits per heavy atom. The Hall–Kier alpha value is -4.17. The van der Waals surface area contributed by atoms with Crippen LogP contribution in [0.3, 0.4) is 0 Å². The zero-order valence-corrected chi connectivity index (χ0v) is 21.0. The largest absolute Gasteiger partial charge is 0.496 e. The highest BCUT2D eigenvalue weighted by atomic mass is 16.5. The number of anilines is 1. The average Bonchev–Trinajstić information content (AvgIpc) is 3.32. The Labute approximate surface area is 213 Å². The van der Waals surface area contributed by atoms with Crippen LogP contribution in [-0.4, -0.2) is 62.5 Å². The first kappa shape index (κ1) is 25.9. The van der Waals surface area contributed by atoms with Crippen LogP contribution in [0.2, 0.25) is 0 Å². The van der Waals surface area contributed by atoms with Crippen molar-refractivity contribution in [3.8, 4) is 11.8 Å². The van der Waals surface area contributed by atoms with Gasteiger partial charge < -0.3 is 20.1 Å². The number of benzene rings is 1. The molecular weight excluding hydrogens is 476 g/mol. The lowest BCUT2D eigenvalue weighted by atomic mass is 9.90. The molecule has 1 atom stereocenters. The second-order valence-corrected chi connectivity index (χ2v) is 9.28. The molecule has 1 saturated carbocycles. The average molecular weight is 507 g/mol. The SMILES string of the molecule is COc1cc2nn([C@H]3CC[C@H](N(C)C(=O)[C@@H](C)O)CC3)cc2cc1C(=O)Nc1cccn(CC#N)c1=O. The number of fused-ring (bicyclic) bond motifs is 1. The predicted octanol–water partition coefficient (Wildman–Crippen LogP) is 2.31. The lowest BCUT2D eigenvalue weighted by Gasteiger charge is -2.35. The summed E-state index contributed by atoms with van der Waals surface area (Å²) in [4.78, 5) is 39.4. The summed E-state index contributed by atoms with van der Waals surface area (Å²) < 4.78 is 8.56. The minimum absolute atomic E-state index is 0.0661. The Bertz CT molecular complexity index is 1410. The van der Waals surface area contributed by atoms with E-state index in [9.17, 15) is 19.5 Å². The molecule has 0 bridgehead atoms. The number of nitriles is 1. The van der Waals surface area contributed by atoms with Gasteiger partial charge >= 0.3 is 0 Å². The Kier molecular flexibility index (Phi) is 7.59. The van der Waals surface area contributed by atoms with Crippen LogP contribution < -0.4 is 15.6 Å². The standard InChI is InChI=1S/C26H30N6O5/c1-16(33)25(35)30(2)18-6-8-19(9-7-18)32-15-17-13-20(23(37-3)14-22(17)29-32)24(34)28-21-5-4-11-31(12-10-27)26(21)36/h4-5,11,13-16,18-19,33H,6-9,12H2,1-3H3,(H,28,34)/t16-,18-,19-/m1/s1. The molecule has 0 spiro atoms. The van der Waals surface area contributed by atoms with Gasteiger partial charge in [-0.05, 0) is 50.8 Å². The Morgan fingerprint density at radius 2 is 2.05 bits per heavy atom. The van der Waals surface area contributed by atoms with Crippen molar-refractivity contribution < 1.29 is 19.4 Å². The molecule has 0 radical (unpaired) electrons. The number of amides is 2. The number of ether oxygens (including phenoxy) is 1. The van der Waals surface area contributed by atoms with Crippen molar-refractivity contribution in [2.75, 3.05) is 19.5 Å². The van der Waals surface area contributed by atoms with Crippen LogP contribution in [-0.2, 0) is 11.3 Å². The zero-order chi connectivity index (χ0) is 26.7. The maximum atomic E-state index is 13.1. The summed E-state index contributed by atoms with van der Waals surface area (Å²) in [5.41, 5.74) is 0.526. The molecule has 1 aromatic carbocycles. The van der Waals surface area contributed by atoms with E-state index < -0.39 is 17.6 Å². The van der Waals surface area contributed by atoms with Crippen LogP contribution in [0.5, 0.6) is 5.75 Å². The van der Waals surface area contributed by atoms with E-state index in [4.69, 9.17) is 15.1 Å². The van der Waals surface area contributed by atoms with Crippen molar-refractivity contribution in [3.63, 3.8) is 0 Å². The number of aromatic nitrogens is 3. The summed E-state index contributed by atoms with van der Waals surface area (Å²) in [6.07, 6.45) is 5.61. The molecule has 37 heavy (non-hydrogen) atoms. The number of nitrogens with one attached hydrogen (secondary N) is 1. The van der Waals surface area contributed by atoms with E-state index in [0.29, 0.717) is 11.3 Å². The van der Waals surface area contributed by atoms with Crippen LogP contribution in [0, 0.1) is 11.3 Å². The van der Waals surface area contributed by atoms with Gasteiger partial charge in [0.1, 0.15) is 24.1 Å². The minimum Gasteiger partial charge on any atom is -0.496 e. The van der Waals surface area contributed by atoms with Crippen molar-refractivity contribution >= 4 is 28.4 Å².